The summed E-state index contributed by atoms with van der Waals surface area (Å²) in [4.78, 5) is 0. The first-order chi connectivity index (χ1) is 0. The second kappa shape index (κ2) is 111. The van der Waals surface area contributed by atoms with Gasteiger partial charge in [-0.15, -0.1) is 0 Å². The minimum atomic E-state index is 0. The van der Waals surface area contributed by atoms with Crippen molar-refractivity contribution in [3.05, 3.63) is 0 Å². The van der Waals surface area contributed by atoms with Crippen LogP contribution < -0.4 is 0 Å². The Morgan fingerprint density at radius 2 is 0.667 bits per heavy atom. The molecule has 0 rings (SSSR count). The fraction of sp³-hybridized carbons (Fsp3) is 0. The van der Waals surface area contributed by atoms with E-state index >= 15 is 0 Å². The first-order valence-electron chi connectivity index (χ1n) is 0. The molecule has 1 radical (unpaired) electrons. The summed E-state index contributed by atoms with van der Waals surface area (Å²) in [5, 5.41) is 0. The largest absolute Gasteiger partial charge is 2.00 e. The normalized spacial score (nSPS) is 0. The molecular weight excluding hydrogens is 358 g/mol. The predicted molar refractivity (Wildman–Crippen MR) is 6.49 cm³/mol. The molecule has 0 unspecified atom stereocenters. The van der Waals surface area contributed by atoms with Crippen LogP contribution in [0.4, 0.5) is 0 Å². The average Bonchev–Trinajstić information content (AvgIpc) is 0. The molecule has 0 aromatic carbocycles. The Hall–Kier alpha value is 1.24. The molecule has 0 saturated carbocycles. The summed E-state index contributed by atoms with van der Waals surface area (Å²) < 4.78 is 0. The fourth-order valence-electron chi connectivity index (χ4n) is 0. The molecule has 4 nitrogen and oxygen atoms in total. The molecule has 49 valence electrons. The van der Waals surface area contributed by atoms with Crippen LogP contribution >= 0.6 is 0 Å². The molecule has 6 heavy (non-hydrogen) atoms. The molecular formula is H3AgO4Re-4. The van der Waals surface area contributed by atoms with Gasteiger partial charge >= 0.3 is 22.4 Å². The Balaban J connectivity index is 0. The summed E-state index contributed by atoms with van der Waals surface area (Å²) >= 11 is 0. The van der Waals surface area contributed by atoms with Crippen LogP contribution in [-0.2, 0) is 48.3 Å². The van der Waals surface area contributed by atoms with Gasteiger partial charge in [-0.25, -0.2) is 0 Å². The van der Waals surface area contributed by atoms with E-state index < -0.39 is 0 Å². The Morgan fingerprint density at radius 3 is 0.667 bits per heavy atom. The van der Waals surface area contributed by atoms with Crippen LogP contribution in [0.2, 0.25) is 0 Å². The standard InChI is InChI=1S/Ag.3H2O.O.Re/h;3*1H2;;/q+1;;;;-2;/p-3. The first-order valence-corrected chi connectivity index (χ1v) is 0. The van der Waals surface area contributed by atoms with Crippen LogP contribution in [0.15, 0.2) is 0 Å². The third-order valence-corrected chi connectivity index (χ3v) is 0. The van der Waals surface area contributed by atoms with Crippen molar-refractivity contribution in [2.24, 2.45) is 0 Å². The number of rotatable bonds is 0. The SMILES string of the molecule is [Ag+].[O-2].[OH-].[OH-].[OH-].[Re]. The third-order valence-electron chi connectivity index (χ3n) is 0. The summed E-state index contributed by atoms with van der Waals surface area (Å²) in [7, 11) is 0. The average molecular weight is 361 g/mol. The Labute approximate surface area is 64.7 Å². The summed E-state index contributed by atoms with van der Waals surface area (Å²) in [6.45, 7) is 0. The summed E-state index contributed by atoms with van der Waals surface area (Å²) in [6, 6.07) is 0. The maximum Gasteiger partial charge on any atom is 1.00 e. The van der Waals surface area contributed by atoms with Gasteiger partial charge in [0.1, 0.15) is 0 Å². The molecule has 0 aliphatic carbocycles. The van der Waals surface area contributed by atoms with Crippen LogP contribution in [0.25, 0.3) is 0 Å². The minimum absolute atomic E-state index is 0. The molecule has 0 heterocycles. The molecule has 0 saturated heterocycles. The molecule has 0 bridgehead atoms. The minimum Gasteiger partial charge on any atom is -2.00 e. The van der Waals surface area contributed by atoms with Crippen molar-refractivity contribution >= 4 is 0 Å². The van der Waals surface area contributed by atoms with Gasteiger partial charge in [-0.1, -0.05) is 0 Å². The first kappa shape index (κ1) is 183. The maximum absolute atomic E-state index is 0. The van der Waals surface area contributed by atoms with Crippen molar-refractivity contribution in [3.63, 3.8) is 0 Å². The molecule has 0 aromatic heterocycles. The number of hydrogen-bond donors (Lipinski definition) is 0. The van der Waals surface area contributed by atoms with Gasteiger partial charge in [-0.2, -0.15) is 0 Å². The van der Waals surface area contributed by atoms with Crippen LogP contribution in [0.3, 0.4) is 0 Å². The molecule has 0 atom stereocenters. The smallest absolute Gasteiger partial charge is 1.00 e. The van der Waals surface area contributed by atoms with Gasteiger partial charge in [0.25, 0.3) is 0 Å². The van der Waals surface area contributed by atoms with Gasteiger partial charge in [0.05, 0.1) is 0 Å². The van der Waals surface area contributed by atoms with Gasteiger partial charge in [0.15, 0.2) is 0 Å². The van der Waals surface area contributed by atoms with E-state index in [-0.39, 0.29) is 64.7 Å². The van der Waals surface area contributed by atoms with Gasteiger partial charge < -0.3 is 21.9 Å². The maximum atomic E-state index is 0. The van der Waals surface area contributed by atoms with Crippen LogP contribution in [0, 0.1) is 0 Å². The molecule has 0 aliphatic heterocycles. The molecule has 0 amide bonds. The van der Waals surface area contributed by atoms with E-state index in [9.17, 15) is 0 Å². The van der Waals surface area contributed by atoms with Crippen molar-refractivity contribution in [1.29, 1.82) is 0 Å². The molecule has 3 N–H and O–H groups in total. The Bertz CT molecular complexity index is 7.51. The summed E-state index contributed by atoms with van der Waals surface area (Å²) in [5.74, 6) is 0. The topological polar surface area (TPSA) is 118 Å². The van der Waals surface area contributed by atoms with E-state index in [1.807, 2.05) is 0 Å². The molecule has 0 aliphatic rings. The van der Waals surface area contributed by atoms with Gasteiger partial charge in [0, 0.05) is 20.4 Å². The second-order valence-electron chi connectivity index (χ2n) is 0. The second-order valence-corrected chi connectivity index (χ2v) is 0. The zero-order valence-electron chi connectivity index (χ0n) is 2.43. The van der Waals surface area contributed by atoms with E-state index in [1.165, 1.54) is 0 Å². The van der Waals surface area contributed by atoms with Gasteiger partial charge in [-0.05, 0) is 0 Å². The fourth-order valence-corrected chi connectivity index (χ4v) is 0. The van der Waals surface area contributed by atoms with Gasteiger partial charge in [0.2, 0.25) is 0 Å². The predicted octanol–water partition coefficient (Wildman–Crippen LogP) is -0.654. The van der Waals surface area contributed by atoms with Crippen molar-refractivity contribution in [3.8, 4) is 0 Å². The van der Waals surface area contributed by atoms with Crippen LogP contribution in [0.1, 0.15) is 0 Å². The van der Waals surface area contributed by atoms with Gasteiger partial charge in [-0.3, -0.25) is 0 Å². The quantitative estimate of drug-likeness (QED) is 0.533. The van der Waals surface area contributed by atoms with E-state index in [0.29, 0.717) is 0 Å². The van der Waals surface area contributed by atoms with Crippen LogP contribution in [0.5, 0.6) is 0 Å². The van der Waals surface area contributed by atoms with Crippen LogP contribution in [-0.4, -0.2) is 16.4 Å². The molecule has 0 aromatic rings. The number of hydrogen-bond acceptors (Lipinski definition) is 3. The summed E-state index contributed by atoms with van der Waals surface area (Å²) in [6.07, 6.45) is 0. The Kier molecular flexibility index (Phi) is 3390. The van der Waals surface area contributed by atoms with E-state index in [4.69, 9.17) is 0 Å². The molecule has 0 fully saturated rings. The molecule has 0 spiro atoms. The van der Waals surface area contributed by atoms with Crippen molar-refractivity contribution in [1.82, 2.24) is 0 Å². The Morgan fingerprint density at radius 1 is 0.667 bits per heavy atom. The van der Waals surface area contributed by atoms with E-state index in [2.05, 4.69) is 0 Å². The monoisotopic (exact) mass is 361 g/mol. The van der Waals surface area contributed by atoms with Crippen molar-refractivity contribution in [2.45, 2.75) is 0 Å². The third kappa shape index (κ3) is 61.1. The zero-order chi connectivity index (χ0) is 0. The van der Waals surface area contributed by atoms with Crippen molar-refractivity contribution in [2.75, 3.05) is 0 Å². The molecule has 6 heteroatoms. The zero-order valence-corrected chi connectivity index (χ0v) is 6.63. The van der Waals surface area contributed by atoms with E-state index in [0.717, 1.165) is 0 Å². The van der Waals surface area contributed by atoms with Crippen molar-refractivity contribution < 1.29 is 64.7 Å². The summed E-state index contributed by atoms with van der Waals surface area (Å²) in [5.41, 5.74) is 0. The van der Waals surface area contributed by atoms with E-state index in [1.54, 1.807) is 0 Å².